The maximum Gasteiger partial charge on any atom is 0.229 e. The number of ether oxygens (including phenoxy) is 4. The molecule has 2 unspecified atom stereocenters. The summed E-state index contributed by atoms with van der Waals surface area (Å²) in [6.45, 7) is 5.44. The normalized spacial score (nSPS) is 15.5. The molecule has 55 heavy (non-hydrogen) atoms. The number of aromatic nitrogens is 8. The summed E-state index contributed by atoms with van der Waals surface area (Å²) < 4.78 is 25.4. The molecular weight excluding hydrogens is 771 g/mol. The summed E-state index contributed by atoms with van der Waals surface area (Å²) in [4.78, 5) is 29.0. The quantitative estimate of drug-likeness (QED) is 0.134. The Morgan fingerprint density at radius 1 is 0.727 bits per heavy atom. The summed E-state index contributed by atoms with van der Waals surface area (Å²) in [6.07, 6.45) is 9.97. The van der Waals surface area contributed by atoms with Gasteiger partial charge in [0.15, 0.2) is 23.1 Å². The first-order valence-electron chi connectivity index (χ1n) is 16.8. The highest BCUT2D eigenvalue weighted by Crippen LogP contribution is 2.33. The maximum atomic E-state index is 5.91. The Hall–Kier alpha value is -5.71. The fourth-order valence-electron chi connectivity index (χ4n) is 5.40. The fraction of sp³-hybridized carbons (Fsp3) is 0.278. The van der Waals surface area contributed by atoms with E-state index >= 15 is 0 Å². The third-order valence-corrected chi connectivity index (χ3v) is 9.26. The van der Waals surface area contributed by atoms with Gasteiger partial charge in [0, 0.05) is 50.0 Å². The van der Waals surface area contributed by atoms with Gasteiger partial charge in [-0.15, -0.1) is 0 Å². The lowest BCUT2D eigenvalue weighted by molar-refractivity contribution is 0.271. The van der Waals surface area contributed by atoms with Crippen molar-refractivity contribution in [2.45, 2.75) is 25.9 Å². The van der Waals surface area contributed by atoms with E-state index in [9.17, 15) is 0 Å². The van der Waals surface area contributed by atoms with E-state index in [0.717, 1.165) is 28.7 Å². The SMILES string of the molecule is CC1COc2cnc(Cl)nc2N1C.COc1cc(N)ccc1-n1cnc(Cl)c1.COc1cc(Nc2ncc3c(n2)N(C)C(C)CO3)ccc1-n1cnc(Cl)c1. The van der Waals surface area contributed by atoms with Crippen molar-refractivity contribution in [2.75, 3.05) is 62.4 Å². The summed E-state index contributed by atoms with van der Waals surface area (Å²) in [7, 11) is 7.17. The van der Waals surface area contributed by atoms with Crippen molar-refractivity contribution in [1.82, 2.24) is 39.0 Å². The van der Waals surface area contributed by atoms with Crippen LogP contribution in [0.2, 0.25) is 15.6 Å². The van der Waals surface area contributed by atoms with Crippen LogP contribution in [0.1, 0.15) is 13.8 Å². The number of fused-ring (bicyclic) bond motifs is 2. The predicted octanol–water partition coefficient (Wildman–Crippen LogP) is 6.75. The molecule has 0 saturated heterocycles. The first-order valence-corrected chi connectivity index (χ1v) is 18.0. The molecule has 0 spiro atoms. The number of halogens is 3. The molecule has 8 rings (SSSR count). The van der Waals surface area contributed by atoms with Crippen LogP contribution < -0.4 is 39.8 Å². The predicted molar refractivity (Wildman–Crippen MR) is 214 cm³/mol. The number of nitrogens with two attached hydrogens (primary N) is 1. The Balaban J connectivity index is 0.000000155. The second-order valence-electron chi connectivity index (χ2n) is 12.4. The van der Waals surface area contributed by atoms with E-state index in [1.165, 1.54) is 0 Å². The highest BCUT2D eigenvalue weighted by Gasteiger charge is 2.24. The number of nitrogen functional groups attached to an aromatic ring is 1. The molecule has 16 nitrogen and oxygen atoms in total. The zero-order valence-electron chi connectivity index (χ0n) is 30.8. The molecule has 0 saturated carbocycles. The summed E-state index contributed by atoms with van der Waals surface area (Å²) in [5.41, 5.74) is 8.79. The van der Waals surface area contributed by atoms with Gasteiger partial charge in [-0.05, 0) is 49.7 Å². The molecule has 0 amide bonds. The standard InChI is InChI=1S/C18H19ClN6O2.C10H10ClN3O.C8H10ClN3O/c1-11-9-27-15-7-20-18(23-17(15)24(11)2)22-12-4-5-13(14(6-12)26-3)25-8-16(19)21-10-25;1-15-9-4-7(12)2-3-8(9)14-5-10(11)13-6-14;1-5-4-13-6-3-10-8(9)11-7(6)12(5)2/h4-8,10-11H,9H2,1-3H3,(H,20,22,23);2-6H,12H2,1H3;3,5H,4H2,1-2H3. The van der Waals surface area contributed by atoms with Crippen molar-refractivity contribution in [3.8, 4) is 34.4 Å². The first kappa shape index (κ1) is 39.0. The van der Waals surface area contributed by atoms with E-state index < -0.39 is 0 Å². The maximum absolute atomic E-state index is 5.91. The molecule has 2 aliphatic heterocycles. The van der Waals surface area contributed by atoms with Crippen LogP contribution >= 0.6 is 34.8 Å². The fourth-order valence-corrected chi connectivity index (χ4v) is 5.83. The summed E-state index contributed by atoms with van der Waals surface area (Å²) in [6, 6.07) is 11.7. The molecule has 6 aromatic rings. The van der Waals surface area contributed by atoms with Crippen molar-refractivity contribution in [1.29, 1.82) is 0 Å². The van der Waals surface area contributed by atoms with Gasteiger partial charge in [-0.2, -0.15) is 9.97 Å². The van der Waals surface area contributed by atoms with Crippen LogP contribution in [0.25, 0.3) is 11.4 Å². The average Bonchev–Trinajstić information content (AvgIpc) is 3.83. The van der Waals surface area contributed by atoms with Crippen LogP contribution in [-0.2, 0) is 0 Å². The lowest BCUT2D eigenvalue weighted by Gasteiger charge is -2.32. The Morgan fingerprint density at radius 3 is 1.80 bits per heavy atom. The minimum absolute atomic E-state index is 0.252. The van der Waals surface area contributed by atoms with Crippen LogP contribution in [0.4, 0.5) is 29.0 Å². The molecule has 2 atom stereocenters. The number of nitrogens with one attached hydrogen (secondary N) is 1. The van der Waals surface area contributed by atoms with Crippen LogP contribution in [-0.4, -0.2) is 92.7 Å². The second-order valence-corrected chi connectivity index (χ2v) is 13.5. The Bertz CT molecular complexity index is 2250. The molecular formula is C36H39Cl3N12O4. The molecule has 19 heteroatoms. The van der Waals surface area contributed by atoms with E-state index in [2.05, 4.69) is 54.0 Å². The van der Waals surface area contributed by atoms with Gasteiger partial charge in [-0.1, -0.05) is 23.2 Å². The number of hydrogen-bond donors (Lipinski definition) is 2. The van der Waals surface area contributed by atoms with E-state index in [4.69, 9.17) is 59.5 Å². The van der Waals surface area contributed by atoms with Gasteiger partial charge in [0.2, 0.25) is 11.2 Å². The van der Waals surface area contributed by atoms with E-state index in [-0.39, 0.29) is 11.3 Å². The number of likely N-dealkylation sites (N-methyl/N-ethyl adjacent to an activating group) is 2. The molecule has 2 aromatic carbocycles. The summed E-state index contributed by atoms with van der Waals surface area (Å²) in [5.74, 6) is 4.75. The zero-order chi connectivity index (χ0) is 39.2. The van der Waals surface area contributed by atoms with Crippen molar-refractivity contribution < 1.29 is 18.9 Å². The molecule has 0 radical (unpaired) electrons. The van der Waals surface area contributed by atoms with Gasteiger partial charge in [0.25, 0.3) is 0 Å². The van der Waals surface area contributed by atoms with Crippen LogP contribution in [0.3, 0.4) is 0 Å². The lowest BCUT2D eigenvalue weighted by Crippen LogP contribution is -2.38. The van der Waals surface area contributed by atoms with Crippen molar-refractivity contribution in [2.24, 2.45) is 0 Å². The third-order valence-electron chi connectivity index (χ3n) is 8.69. The minimum atomic E-state index is 0.252. The van der Waals surface area contributed by atoms with Gasteiger partial charge in [0.05, 0.1) is 50.1 Å². The van der Waals surface area contributed by atoms with Crippen LogP contribution in [0.5, 0.6) is 23.0 Å². The molecule has 4 aromatic heterocycles. The van der Waals surface area contributed by atoms with E-state index in [0.29, 0.717) is 64.2 Å². The van der Waals surface area contributed by atoms with Gasteiger partial charge in [-0.3, -0.25) is 0 Å². The first-order chi connectivity index (χ1) is 26.4. The molecule has 6 heterocycles. The lowest BCUT2D eigenvalue weighted by atomic mass is 10.2. The Kier molecular flexibility index (Phi) is 12.2. The minimum Gasteiger partial charge on any atom is -0.494 e. The highest BCUT2D eigenvalue weighted by molar-refractivity contribution is 6.29. The molecule has 0 bridgehead atoms. The third kappa shape index (κ3) is 9.16. The molecule has 2 aliphatic rings. The Labute approximate surface area is 332 Å². The van der Waals surface area contributed by atoms with Crippen LogP contribution in [0, 0.1) is 0 Å². The summed E-state index contributed by atoms with van der Waals surface area (Å²) in [5, 5.41) is 4.32. The highest BCUT2D eigenvalue weighted by atomic mass is 35.5. The van der Waals surface area contributed by atoms with Crippen molar-refractivity contribution in [3.05, 3.63) is 89.4 Å². The average molecular weight is 810 g/mol. The number of rotatable bonds is 6. The van der Waals surface area contributed by atoms with Crippen molar-refractivity contribution in [3.63, 3.8) is 0 Å². The number of imidazole rings is 2. The van der Waals surface area contributed by atoms with Gasteiger partial charge in [-0.25, -0.2) is 19.9 Å². The van der Waals surface area contributed by atoms with Crippen molar-refractivity contribution >= 4 is 63.8 Å². The topological polar surface area (TPSA) is 169 Å². The van der Waals surface area contributed by atoms with Crippen LogP contribution in [0.15, 0.2) is 73.8 Å². The largest absolute Gasteiger partial charge is 0.494 e. The number of nitrogens with zero attached hydrogens (tertiary/aromatic N) is 10. The molecule has 0 aliphatic carbocycles. The van der Waals surface area contributed by atoms with Gasteiger partial charge >= 0.3 is 0 Å². The monoisotopic (exact) mass is 808 g/mol. The number of benzene rings is 2. The molecule has 0 fully saturated rings. The van der Waals surface area contributed by atoms with Gasteiger partial charge < -0.3 is 48.9 Å². The van der Waals surface area contributed by atoms with E-state index in [1.54, 1.807) is 72.9 Å². The van der Waals surface area contributed by atoms with Gasteiger partial charge in [0.1, 0.15) is 47.7 Å². The second kappa shape index (κ2) is 17.2. The zero-order valence-corrected chi connectivity index (χ0v) is 33.1. The molecule has 288 valence electrons. The smallest absolute Gasteiger partial charge is 0.229 e. The molecule has 3 N–H and O–H groups in total. The number of anilines is 5. The van der Waals surface area contributed by atoms with E-state index in [1.807, 2.05) is 43.3 Å². The number of methoxy groups -OCH3 is 2. The Morgan fingerprint density at radius 2 is 1.25 bits per heavy atom. The summed E-state index contributed by atoms with van der Waals surface area (Å²) >= 11 is 17.3. The number of hydrogen-bond acceptors (Lipinski definition) is 14.